The highest BCUT2D eigenvalue weighted by Crippen LogP contribution is 2.23. The maximum absolute atomic E-state index is 8.72. The van der Waals surface area contributed by atoms with Crippen LogP contribution < -0.4 is 10.5 Å². The molecular formula is C17H28N2O2. The van der Waals surface area contributed by atoms with Gasteiger partial charge in [-0.1, -0.05) is 44.5 Å². The molecule has 0 aromatic heterocycles. The van der Waals surface area contributed by atoms with Gasteiger partial charge in [-0.3, -0.25) is 0 Å². The molecule has 0 aliphatic carbocycles. The van der Waals surface area contributed by atoms with E-state index in [4.69, 9.17) is 15.7 Å². The van der Waals surface area contributed by atoms with Gasteiger partial charge in [-0.2, -0.15) is 0 Å². The van der Waals surface area contributed by atoms with Gasteiger partial charge in [0.25, 0.3) is 0 Å². The van der Waals surface area contributed by atoms with E-state index < -0.39 is 0 Å². The van der Waals surface area contributed by atoms with Crippen LogP contribution in [-0.4, -0.2) is 17.6 Å². The Morgan fingerprint density at radius 2 is 1.90 bits per heavy atom. The molecule has 1 aromatic rings. The van der Waals surface area contributed by atoms with E-state index in [1.165, 1.54) is 18.4 Å². The molecule has 1 rings (SSSR count). The number of unbranched alkanes of at least 4 members (excludes halogenated alkanes) is 1. The number of ether oxygens (including phenoxy) is 1. The number of oxime groups is 1. The van der Waals surface area contributed by atoms with E-state index in [9.17, 15) is 0 Å². The van der Waals surface area contributed by atoms with Crippen LogP contribution in [0.25, 0.3) is 0 Å². The highest BCUT2D eigenvalue weighted by molar-refractivity contribution is 5.85. The number of aryl methyl sites for hydroxylation is 1. The summed E-state index contributed by atoms with van der Waals surface area (Å²) in [6, 6.07) is 8.32. The van der Waals surface area contributed by atoms with Crippen LogP contribution in [-0.2, 0) is 6.42 Å². The van der Waals surface area contributed by atoms with Gasteiger partial charge < -0.3 is 15.7 Å². The van der Waals surface area contributed by atoms with Crippen molar-refractivity contribution < 1.29 is 9.94 Å². The summed E-state index contributed by atoms with van der Waals surface area (Å²) < 4.78 is 5.73. The molecule has 0 spiro atoms. The van der Waals surface area contributed by atoms with Crippen molar-refractivity contribution in [2.75, 3.05) is 6.61 Å². The summed E-state index contributed by atoms with van der Waals surface area (Å²) in [7, 11) is 0. The first kappa shape index (κ1) is 17.3. The van der Waals surface area contributed by atoms with E-state index in [1.807, 2.05) is 26.0 Å². The Labute approximate surface area is 128 Å². The van der Waals surface area contributed by atoms with Crippen LogP contribution in [0.4, 0.5) is 0 Å². The van der Waals surface area contributed by atoms with E-state index in [2.05, 4.69) is 24.2 Å². The van der Waals surface area contributed by atoms with Crippen LogP contribution in [0, 0.1) is 5.41 Å². The van der Waals surface area contributed by atoms with Crippen LogP contribution in [0.2, 0.25) is 0 Å². The second kappa shape index (κ2) is 8.55. The third-order valence-corrected chi connectivity index (χ3v) is 3.76. The van der Waals surface area contributed by atoms with Crippen LogP contribution in [0.1, 0.15) is 52.0 Å². The Morgan fingerprint density at radius 1 is 1.24 bits per heavy atom. The zero-order valence-electron chi connectivity index (χ0n) is 13.4. The largest absolute Gasteiger partial charge is 0.494 e. The Morgan fingerprint density at radius 3 is 2.48 bits per heavy atom. The van der Waals surface area contributed by atoms with Gasteiger partial charge in [0.1, 0.15) is 11.6 Å². The summed E-state index contributed by atoms with van der Waals surface area (Å²) in [5.41, 5.74) is 6.71. The molecule has 3 N–H and O–H groups in total. The lowest BCUT2D eigenvalue weighted by molar-refractivity contribution is 0.277. The maximum Gasteiger partial charge on any atom is 0.144 e. The van der Waals surface area contributed by atoms with Crippen LogP contribution in [0.5, 0.6) is 5.75 Å². The Kier molecular flexibility index (Phi) is 7.06. The first-order chi connectivity index (χ1) is 9.99. The number of nitrogens with two attached hydrogens (primary N) is 1. The van der Waals surface area contributed by atoms with Crippen molar-refractivity contribution in [3.8, 4) is 5.75 Å². The molecule has 0 bridgehead atoms. The molecule has 0 aliphatic heterocycles. The van der Waals surface area contributed by atoms with Crippen molar-refractivity contribution in [1.82, 2.24) is 0 Å². The third-order valence-electron chi connectivity index (χ3n) is 3.76. The average molecular weight is 292 g/mol. The number of rotatable bonds is 9. The summed E-state index contributed by atoms with van der Waals surface area (Å²) in [4.78, 5) is 0. The highest BCUT2D eigenvalue weighted by atomic mass is 16.5. The topological polar surface area (TPSA) is 67.8 Å². The molecule has 0 amide bonds. The van der Waals surface area contributed by atoms with E-state index >= 15 is 0 Å². The lowest BCUT2D eigenvalue weighted by Crippen LogP contribution is -2.32. The van der Waals surface area contributed by atoms with Crippen molar-refractivity contribution in [3.05, 3.63) is 29.8 Å². The quantitative estimate of drug-likeness (QED) is 0.238. The van der Waals surface area contributed by atoms with E-state index in [-0.39, 0.29) is 11.3 Å². The fraction of sp³-hybridized carbons (Fsp3) is 0.588. The first-order valence-corrected chi connectivity index (χ1v) is 7.69. The molecule has 4 heteroatoms. The first-order valence-electron chi connectivity index (χ1n) is 7.69. The molecule has 0 radical (unpaired) electrons. The van der Waals surface area contributed by atoms with Gasteiger partial charge in [-0.15, -0.1) is 0 Å². The molecule has 0 saturated heterocycles. The van der Waals surface area contributed by atoms with Gasteiger partial charge in [0.05, 0.1) is 6.61 Å². The van der Waals surface area contributed by atoms with Gasteiger partial charge in [0, 0.05) is 5.41 Å². The normalized spacial score (nSPS) is 12.4. The molecule has 0 saturated carbocycles. The minimum Gasteiger partial charge on any atom is -0.494 e. The summed E-state index contributed by atoms with van der Waals surface area (Å²) >= 11 is 0. The number of amidine groups is 1. The lowest BCUT2D eigenvalue weighted by atomic mass is 9.87. The molecule has 1 aromatic carbocycles. The summed E-state index contributed by atoms with van der Waals surface area (Å²) in [6.07, 6.45) is 5.25. The van der Waals surface area contributed by atoms with Crippen LogP contribution in [0.15, 0.2) is 29.4 Å². The van der Waals surface area contributed by atoms with Crippen LogP contribution >= 0.6 is 0 Å². The van der Waals surface area contributed by atoms with Gasteiger partial charge >= 0.3 is 0 Å². The molecule has 0 unspecified atom stereocenters. The second-order valence-corrected chi connectivity index (χ2v) is 6.07. The van der Waals surface area contributed by atoms with Crippen molar-refractivity contribution in [2.24, 2.45) is 16.3 Å². The number of hydrogen-bond donors (Lipinski definition) is 2. The molecule has 4 nitrogen and oxygen atoms in total. The van der Waals surface area contributed by atoms with Gasteiger partial charge in [0.15, 0.2) is 0 Å². The summed E-state index contributed by atoms with van der Waals surface area (Å²) in [5.74, 6) is 1.17. The lowest BCUT2D eigenvalue weighted by Gasteiger charge is -2.22. The molecule has 0 fully saturated rings. The average Bonchev–Trinajstić information content (AvgIpc) is 2.49. The van der Waals surface area contributed by atoms with E-state index in [0.717, 1.165) is 25.0 Å². The summed E-state index contributed by atoms with van der Waals surface area (Å²) in [6.45, 7) is 6.76. The van der Waals surface area contributed by atoms with Crippen LogP contribution in [0.3, 0.4) is 0 Å². The standard InChI is InChI=1S/C17H28N2O2/c1-4-5-7-14-8-10-15(11-9-14)21-13-6-12-17(2,3)16(18)19-20/h8-11,20H,4-7,12-13H2,1-3H3,(H2,18,19). The zero-order valence-corrected chi connectivity index (χ0v) is 13.4. The maximum atomic E-state index is 8.72. The van der Waals surface area contributed by atoms with Gasteiger partial charge in [-0.05, 0) is 43.4 Å². The highest BCUT2D eigenvalue weighted by Gasteiger charge is 2.22. The number of hydrogen-bond acceptors (Lipinski definition) is 3. The van der Waals surface area contributed by atoms with Gasteiger partial charge in [-0.25, -0.2) is 0 Å². The second-order valence-electron chi connectivity index (χ2n) is 6.07. The molecule has 0 aliphatic rings. The minimum atomic E-state index is -0.303. The van der Waals surface area contributed by atoms with Crippen molar-refractivity contribution in [1.29, 1.82) is 0 Å². The Hall–Kier alpha value is -1.71. The van der Waals surface area contributed by atoms with Crippen molar-refractivity contribution >= 4 is 5.84 Å². The third kappa shape index (κ3) is 6.06. The smallest absolute Gasteiger partial charge is 0.144 e. The zero-order chi connectivity index (χ0) is 15.7. The molecule has 0 heterocycles. The number of nitrogens with zero attached hydrogens (tertiary/aromatic N) is 1. The minimum absolute atomic E-state index is 0.266. The number of benzene rings is 1. The molecule has 118 valence electrons. The SMILES string of the molecule is CCCCc1ccc(OCCCC(C)(C)/C(N)=N/O)cc1. The monoisotopic (exact) mass is 292 g/mol. The van der Waals surface area contributed by atoms with Crippen molar-refractivity contribution in [2.45, 2.75) is 52.9 Å². The molecule has 0 atom stereocenters. The van der Waals surface area contributed by atoms with Gasteiger partial charge in [0.2, 0.25) is 0 Å². The Balaban J connectivity index is 2.33. The fourth-order valence-corrected chi connectivity index (χ4v) is 2.10. The van der Waals surface area contributed by atoms with E-state index in [0.29, 0.717) is 6.61 Å². The Bertz CT molecular complexity index is 439. The molecule has 21 heavy (non-hydrogen) atoms. The fourth-order valence-electron chi connectivity index (χ4n) is 2.10. The molecular weight excluding hydrogens is 264 g/mol. The predicted molar refractivity (Wildman–Crippen MR) is 87.0 cm³/mol. The summed E-state index contributed by atoms with van der Waals surface area (Å²) in [5, 5.41) is 11.8. The predicted octanol–water partition coefficient (Wildman–Crippen LogP) is 3.96. The van der Waals surface area contributed by atoms with Crippen molar-refractivity contribution in [3.63, 3.8) is 0 Å². The van der Waals surface area contributed by atoms with E-state index in [1.54, 1.807) is 0 Å².